The van der Waals surface area contributed by atoms with Crippen LogP contribution in [0, 0.1) is 0 Å². The van der Waals surface area contributed by atoms with Gasteiger partial charge in [-0.15, -0.1) is 0 Å². The summed E-state index contributed by atoms with van der Waals surface area (Å²) in [6, 6.07) is 22.8. The average molecular weight is 322 g/mol. The van der Waals surface area contributed by atoms with Gasteiger partial charge in [-0.1, -0.05) is 30.3 Å². The van der Waals surface area contributed by atoms with Crippen molar-refractivity contribution in [2.45, 2.75) is 0 Å². The van der Waals surface area contributed by atoms with Gasteiger partial charge in [0.15, 0.2) is 0 Å². The van der Waals surface area contributed by atoms with Crippen molar-refractivity contribution in [3.05, 3.63) is 72.9 Å². The zero-order valence-corrected chi connectivity index (χ0v) is 13.5. The number of hydrogen-bond acceptors (Lipinski definition) is 2. The van der Waals surface area contributed by atoms with E-state index in [1.165, 1.54) is 21.8 Å². The summed E-state index contributed by atoms with van der Waals surface area (Å²) >= 11 is 0. The number of nitrogens with zero attached hydrogens (tertiary/aromatic N) is 2. The number of para-hydroxylation sites is 2. The van der Waals surface area contributed by atoms with E-state index in [-0.39, 0.29) is 12.4 Å². The van der Waals surface area contributed by atoms with E-state index in [2.05, 4.69) is 70.4 Å². The molecule has 0 spiro atoms. The molecule has 1 N–H and O–H groups in total. The van der Waals surface area contributed by atoms with Crippen LogP contribution in [0.5, 0.6) is 0 Å². The maximum atomic E-state index is 4.39. The highest BCUT2D eigenvalue weighted by molar-refractivity contribution is 6.05. The number of fused-ring (bicyclic) bond motifs is 2. The molecule has 2 aromatic heterocycles. The molecule has 23 heavy (non-hydrogen) atoms. The van der Waals surface area contributed by atoms with Crippen LogP contribution in [0.4, 0.5) is 11.5 Å². The molecule has 114 valence electrons. The Labute approximate surface area is 141 Å². The average Bonchev–Trinajstić information content (AvgIpc) is 2.59. The molecule has 0 unspecified atom stereocenters. The van der Waals surface area contributed by atoms with Crippen molar-refractivity contribution in [1.82, 2.24) is 4.98 Å². The molecule has 0 atom stereocenters. The van der Waals surface area contributed by atoms with Crippen LogP contribution >= 0.6 is 0 Å². The molecule has 0 saturated carbocycles. The summed E-state index contributed by atoms with van der Waals surface area (Å²) in [4.78, 5) is 4.39. The van der Waals surface area contributed by atoms with Crippen LogP contribution in [0.1, 0.15) is 0 Å². The molecule has 4 heteroatoms. The number of halogens is 1. The first kappa shape index (κ1) is 15.3. The first-order valence-corrected chi connectivity index (χ1v) is 7.32. The molecule has 2 aromatic carbocycles. The summed E-state index contributed by atoms with van der Waals surface area (Å²) in [6.07, 6.45) is 1.80. The number of rotatable bonds is 2. The minimum Gasteiger partial charge on any atom is -1.00 e. The zero-order chi connectivity index (χ0) is 14.9. The van der Waals surface area contributed by atoms with Gasteiger partial charge in [0.2, 0.25) is 11.0 Å². The SMILES string of the molecule is C[n+]1c2ccccc2c(Nc2ccccn2)c2ccccc21.[Cl-]. The van der Waals surface area contributed by atoms with E-state index in [1.807, 2.05) is 18.2 Å². The smallest absolute Gasteiger partial charge is 0.214 e. The summed E-state index contributed by atoms with van der Waals surface area (Å²) in [7, 11) is 2.11. The quantitative estimate of drug-likeness (QED) is 0.440. The Morgan fingerprint density at radius 1 is 0.783 bits per heavy atom. The van der Waals surface area contributed by atoms with Crippen molar-refractivity contribution >= 4 is 33.3 Å². The molecule has 0 amide bonds. The molecule has 3 nitrogen and oxygen atoms in total. The van der Waals surface area contributed by atoms with Crippen LogP contribution < -0.4 is 22.3 Å². The van der Waals surface area contributed by atoms with Crippen LogP contribution in [0.15, 0.2) is 72.9 Å². The summed E-state index contributed by atoms with van der Waals surface area (Å²) in [5, 5.41) is 5.87. The fourth-order valence-electron chi connectivity index (χ4n) is 2.93. The van der Waals surface area contributed by atoms with E-state index in [1.54, 1.807) is 6.20 Å². The van der Waals surface area contributed by atoms with Gasteiger partial charge in [0.05, 0.1) is 16.5 Å². The Hall–Kier alpha value is -2.65. The second-order valence-corrected chi connectivity index (χ2v) is 5.31. The maximum absolute atomic E-state index is 4.39. The van der Waals surface area contributed by atoms with Crippen molar-refractivity contribution in [2.24, 2.45) is 7.05 Å². The molecule has 0 aliphatic carbocycles. The van der Waals surface area contributed by atoms with Crippen LogP contribution in [-0.4, -0.2) is 4.98 Å². The lowest BCUT2D eigenvalue weighted by Crippen LogP contribution is -3.00. The number of aryl methyl sites for hydroxylation is 1. The van der Waals surface area contributed by atoms with Gasteiger partial charge >= 0.3 is 0 Å². The van der Waals surface area contributed by atoms with Gasteiger partial charge < -0.3 is 17.7 Å². The molecular formula is C19H16ClN3. The number of nitrogens with one attached hydrogen (secondary N) is 1. The fraction of sp³-hybridized carbons (Fsp3) is 0.0526. The third-order valence-corrected chi connectivity index (χ3v) is 3.99. The number of benzene rings is 2. The van der Waals surface area contributed by atoms with Gasteiger partial charge in [0.1, 0.15) is 12.9 Å². The second kappa shape index (κ2) is 6.23. The maximum Gasteiger partial charge on any atom is 0.214 e. The monoisotopic (exact) mass is 321 g/mol. The van der Waals surface area contributed by atoms with Gasteiger partial charge in [-0.2, -0.15) is 4.57 Å². The van der Waals surface area contributed by atoms with E-state index < -0.39 is 0 Å². The number of aromatic nitrogens is 2. The Morgan fingerprint density at radius 2 is 1.35 bits per heavy atom. The normalized spacial score (nSPS) is 10.5. The Morgan fingerprint density at radius 3 is 1.91 bits per heavy atom. The zero-order valence-electron chi connectivity index (χ0n) is 12.7. The Kier molecular flexibility index (Phi) is 4.13. The van der Waals surface area contributed by atoms with E-state index in [4.69, 9.17) is 0 Å². The summed E-state index contributed by atoms with van der Waals surface area (Å²) < 4.78 is 2.23. The molecule has 0 bridgehead atoms. The fourth-order valence-corrected chi connectivity index (χ4v) is 2.93. The third-order valence-electron chi connectivity index (χ3n) is 3.99. The second-order valence-electron chi connectivity index (χ2n) is 5.31. The van der Waals surface area contributed by atoms with Crippen LogP contribution in [0.3, 0.4) is 0 Å². The lowest BCUT2D eigenvalue weighted by atomic mass is 10.1. The third kappa shape index (κ3) is 2.60. The van der Waals surface area contributed by atoms with Crippen molar-refractivity contribution in [1.29, 1.82) is 0 Å². The minimum absolute atomic E-state index is 0. The molecule has 0 aliphatic heterocycles. The summed E-state index contributed by atoms with van der Waals surface area (Å²) in [5.74, 6) is 0.853. The molecule has 4 aromatic rings. The van der Waals surface area contributed by atoms with Gasteiger partial charge in [-0.3, -0.25) is 0 Å². The van der Waals surface area contributed by atoms with Gasteiger partial charge in [0.25, 0.3) is 0 Å². The van der Waals surface area contributed by atoms with Gasteiger partial charge in [-0.05, 0) is 24.3 Å². The van der Waals surface area contributed by atoms with Crippen molar-refractivity contribution in [3.63, 3.8) is 0 Å². The highest BCUT2D eigenvalue weighted by Gasteiger charge is 2.17. The lowest BCUT2D eigenvalue weighted by molar-refractivity contribution is -0.617. The van der Waals surface area contributed by atoms with E-state index in [0.717, 1.165) is 11.5 Å². The lowest BCUT2D eigenvalue weighted by Gasteiger charge is -2.11. The molecular weight excluding hydrogens is 306 g/mol. The summed E-state index contributed by atoms with van der Waals surface area (Å²) in [6.45, 7) is 0. The van der Waals surface area contributed by atoms with E-state index >= 15 is 0 Å². The Balaban J connectivity index is 0.00000156. The first-order valence-electron chi connectivity index (χ1n) is 7.32. The van der Waals surface area contributed by atoms with Crippen LogP contribution in [0.2, 0.25) is 0 Å². The molecule has 0 radical (unpaired) electrons. The van der Waals surface area contributed by atoms with Gasteiger partial charge in [0, 0.05) is 18.3 Å². The van der Waals surface area contributed by atoms with Crippen LogP contribution in [0.25, 0.3) is 21.8 Å². The highest BCUT2D eigenvalue weighted by Crippen LogP contribution is 2.31. The minimum atomic E-state index is 0. The van der Waals surface area contributed by atoms with Crippen molar-refractivity contribution in [3.8, 4) is 0 Å². The topological polar surface area (TPSA) is 28.8 Å². The highest BCUT2D eigenvalue weighted by atomic mass is 35.5. The molecule has 0 fully saturated rings. The Bertz CT molecular complexity index is 911. The largest absolute Gasteiger partial charge is 1.00 e. The standard InChI is InChI=1S/C19H15N3.ClH/c1-22-16-10-4-2-8-14(16)19(15-9-3-5-11-17(15)22)21-18-12-6-7-13-20-18;/h2-13H,1H3;1H. The van der Waals surface area contributed by atoms with Crippen LogP contribution in [-0.2, 0) is 7.05 Å². The molecule has 0 aliphatic rings. The van der Waals surface area contributed by atoms with Gasteiger partial charge in [-0.25, -0.2) is 4.98 Å². The number of hydrogen-bond donors (Lipinski definition) is 1. The molecule has 4 rings (SSSR count). The summed E-state index contributed by atoms with van der Waals surface area (Å²) in [5.41, 5.74) is 3.49. The van der Waals surface area contributed by atoms with Crippen molar-refractivity contribution in [2.75, 3.05) is 5.32 Å². The number of pyridine rings is 2. The number of anilines is 2. The predicted octanol–water partition coefficient (Wildman–Crippen LogP) is 0.960. The van der Waals surface area contributed by atoms with Crippen molar-refractivity contribution < 1.29 is 17.0 Å². The van der Waals surface area contributed by atoms with E-state index in [9.17, 15) is 0 Å². The predicted molar refractivity (Wildman–Crippen MR) is 90.1 cm³/mol. The molecule has 2 heterocycles. The first-order chi connectivity index (χ1) is 10.8. The van der Waals surface area contributed by atoms with E-state index in [0.29, 0.717) is 0 Å². The molecule has 0 saturated heterocycles.